The minimum absolute atomic E-state index is 0.269. The number of benzene rings is 2. The zero-order valence-electron chi connectivity index (χ0n) is 16.9. The summed E-state index contributed by atoms with van der Waals surface area (Å²) >= 11 is 0. The van der Waals surface area contributed by atoms with E-state index in [2.05, 4.69) is 46.3 Å². The fourth-order valence-electron chi connectivity index (χ4n) is 5.48. The molecule has 0 spiro atoms. The van der Waals surface area contributed by atoms with Gasteiger partial charge in [0.1, 0.15) is 5.75 Å². The molecule has 2 atom stereocenters. The summed E-state index contributed by atoms with van der Waals surface area (Å²) in [4.78, 5) is 6.96. The van der Waals surface area contributed by atoms with Gasteiger partial charge in [-0.15, -0.1) is 0 Å². The molecule has 1 aliphatic carbocycles. The monoisotopic (exact) mass is 388 g/mol. The minimum atomic E-state index is -0.728. The third kappa shape index (κ3) is 3.30. The van der Waals surface area contributed by atoms with Gasteiger partial charge in [0, 0.05) is 43.1 Å². The van der Waals surface area contributed by atoms with Gasteiger partial charge >= 0.3 is 0 Å². The third-order valence-electron chi connectivity index (χ3n) is 6.93. The average molecular weight is 389 g/mol. The summed E-state index contributed by atoms with van der Waals surface area (Å²) in [7, 11) is 1.68. The van der Waals surface area contributed by atoms with Gasteiger partial charge in [-0.2, -0.15) is 0 Å². The fourth-order valence-corrected chi connectivity index (χ4v) is 5.48. The van der Waals surface area contributed by atoms with E-state index in [0.717, 1.165) is 49.3 Å². The highest BCUT2D eigenvalue weighted by atomic mass is 16.5. The Morgan fingerprint density at radius 2 is 1.83 bits per heavy atom. The Morgan fingerprint density at radius 3 is 2.55 bits per heavy atom. The lowest BCUT2D eigenvalue weighted by atomic mass is 9.62. The first-order valence-corrected chi connectivity index (χ1v) is 10.6. The highest BCUT2D eigenvalue weighted by molar-refractivity contribution is 5.78. The van der Waals surface area contributed by atoms with Crippen molar-refractivity contribution in [3.8, 4) is 5.75 Å². The van der Waals surface area contributed by atoms with Gasteiger partial charge in [0.25, 0.3) is 0 Å². The molecular formula is C25H28N2O2. The molecule has 0 unspecified atom stereocenters. The number of pyridine rings is 1. The highest BCUT2D eigenvalue weighted by Crippen LogP contribution is 2.49. The number of hydrogen-bond acceptors (Lipinski definition) is 4. The van der Waals surface area contributed by atoms with Gasteiger partial charge in [0.2, 0.25) is 0 Å². The third-order valence-corrected chi connectivity index (χ3v) is 6.93. The summed E-state index contributed by atoms with van der Waals surface area (Å²) in [5.41, 5.74) is 2.68. The lowest BCUT2D eigenvalue weighted by Crippen LogP contribution is -2.57. The molecular weight excluding hydrogens is 360 g/mol. The van der Waals surface area contributed by atoms with Crippen LogP contribution in [0.1, 0.15) is 30.4 Å². The van der Waals surface area contributed by atoms with E-state index < -0.39 is 5.60 Å². The summed E-state index contributed by atoms with van der Waals surface area (Å²) in [6.07, 6.45) is 5.21. The Hall–Kier alpha value is -2.43. The largest absolute Gasteiger partial charge is 0.497 e. The Labute approximate surface area is 172 Å². The van der Waals surface area contributed by atoms with E-state index in [0.29, 0.717) is 0 Å². The van der Waals surface area contributed by atoms with Crippen LogP contribution in [0.3, 0.4) is 0 Å². The first-order valence-electron chi connectivity index (χ1n) is 10.6. The van der Waals surface area contributed by atoms with Gasteiger partial charge in [0.15, 0.2) is 0 Å². The molecule has 4 heteroatoms. The van der Waals surface area contributed by atoms with E-state index in [-0.39, 0.29) is 11.8 Å². The summed E-state index contributed by atoms with van der Waals surface area (Å²) < 4.78 is 5.30. The number of ether oxygens (including phenoxy) is 1. The van der Waals surface area contributed by atoms with Crippen LogP contribution in [-0.4, -0.2) is 35.2 Å². The Morgan fingerprint density at radius 1 is 1.07 bits per heavy atom. The van der Waals surface area contributed by atoms with Gasteiger partial charge in [-0.05, 0) is 54.3 Å². The Balaban J connectivity index is 1.38. The van der Waals surface area contributed by atoms with Gasteiger partial charge in [-0.1, -0.05) is 30.7 Å². The highest BCUT2D eigenvalue weighted by Gasteiger charge is 2.51. The van der Waals surface area contributed by atoms with Crippen LogP contribution in [0.2, 0.25) is 0 Å². The van der Waals surface area contributed by atoms with Crippen molar-refractivity contribution in [3.63, 3.8) is 0 Å². The number of nitrogens with zero attached hydrogens (tertiary/aromatic N) is 2. The average Bonchev–Trinajstić information content (AvgIpc) is 2.74. The lowest BCUT2D eigenvalue weighted by molar-refractivity contribution is -0.148. The molecule has 4 nitrogen and oxygen atoms in total. The molecule has 1 aliphatic heterocycles. The summed E-state index contributed by atoms with van der Waals surface area (Å²) in [5, 5.41) is 13.0. The summed E-state index contributed by atoms with van der Waals surface area (Å²) in [6, 6.07) is 18.7. The van der Waals surface area contributed by atoms with Crippen LogP contribution in [0.5, 0.6) is 5.75 Å². The Kier molecular flexibility index (Phi) is 4.76. The van der Waals surface area contributed by atoms with E-state index >= 15 is 0 Å². The molecule has 1 aromatic heterocycles. The minimum Gasteiger partial charge on any atom is -0.497 e. The second-order valence-electron chi connectivity index (χ2n) is 8.60. The topological polar surface area (TPSA) is 45.6 Å². The molecule has 2 fully saturated rings. The van der Waals surface area contributed by atoms with Crippen LogP contribution in [0.4, 0.5) is 0 Å². The van der Waals surface area contributed by atoms with E-state index in [1.54, 1.807) is 7.11 Å². The van der Waals surface area contributed by atoms with Crippen molar-refractivity contribution < 1.29 is 9.84 Å². The van der Waals surface area contributed by atoms with E-state index in [1.807, 2.05) is 24.4 Å². The number of methoxy groups -OCH3 is 1. The van der Waals surface area contributed by atoms with Crippen molar-refractivity contribution in [1.82, 2.24) is 9.88 Å². The summed E-state index contributed by atoms with van der Waals surface area (Å²) in [6.45, 7) is 2.80. The van der Waals surface area contributed by atoms with Crippen molar-refractivity contribution >= 4 is 10.9 Å². The van der Waals surface area contributed by atoms with E-state index in [9.17, 15) is 5.11 Å². The molecule has 2 aromatic carbocycles. The predicted octanol–water partition coefficient (Wildman–Crippen LogP) is 4.36. The molecule has 1 saturated carbocycles. The maximum Gasteiger partial charge on any atom is 0.118 e. The van der Waals surface area contributed by atoms with Crippen molar-refractivity contribution in [1.29, 1.82) is 0 Å². The normalized spacial score (nSPS) is 27.1. The fraction of sp³-hybridized carbons (Fsp3) is 0.400. The van der Waals surface area contributed by atoms with Gasteiger partial charge in [0.05, 0.1) is 18.2 Å². The van der Waals surface area contributed by atoms with Crippen molar-refractivity contribution in [3.05, 3.63) is 71.9 Å². The standard InChI is InChI=1S/C25H28N2O2/c1-29-23-10-8-20(9-11-23)25(28)21-5-2-6-22(25)17-27(16-21)15-18-7-12-24-19(14-18)4-3-13-26-24/h3-4,7-14,21-22,28H,2,5-6,15-17H2,1H3/t21-,22-/m0/s1. The molecule has 2 bridgehead atoms. The molecule has 2 heterocycles. The zero-order chi connectivity index (χ0) is 19.8. The maximum atomic E-state index is 11.8. The van der Waals surface area contributed by atoms with Crippen molar-refractivity contribution in [2.45, 2.75) is 31.4 Å². The Bertz CT molecular complexity index is 987. The van der Waals surface area contributed by atoms with Crippen LogP contribution < -0.4 is 4.74 Å². The second kappa shape index (κ2) is 7.43. The van der Waals surface area contributed by atoms with E-state index in [4.69, 9.17) is 4.74 Å². The molecule has 0 amide bonds. The number of hydrogen-bond donors (Lipinski definition) is 1. The van der Waals surface area contributed by atoms with Crippen LogP contribution >= 0.6 is 0 Å². The zero-order valence-corrected chi connectivity index (χ0v) is 16.9. The van der Waals surface area contributed by atoms with Crippen LogP contribution in [0.15, 0.2) is 60.8 Å². The van der Waals surface area contributed by atoms with Crippen molar-refractivity contribution in [2.75, 3.05) is 20.2 Å². The van der Waals surface area contributed by atoms with Gasteiger partial charge in [-0.25, -0.2) is 0 Å². The summed E-state index contributed by atoms with van der Waals surface area (Å²) in [5.74, 6) is 1.38. The maximum absolute atomic E-state index is 11.8. The molecule has 150 valence electrons. The van der Waals surface area contributed by atoms with E-state index in [1.165, 1.54) is 17.4 Å². The number of fused-ring (bicyclic) bond motifs is 3. The molecule has 29 heavy (non-hydrogen) atoms. The van der Waals surface area contributed by atoms with Gasteiger partial charge < -0.3 is 9.84 Å². The molecule has 1 saturated heterocycles. The number of rotatable bonds is 4. The molecule has 3 aromatic rings. The molecule has 5 rings (SSSR count). The number of piperidine rings is 1. The van der Waals surface area contributed by atoms with Gasteiger partial charge in [-0.3, -0.25) is 9.88 Å². The van der Waals surface area contributed by atoms with Crippen LogP contribution in [0, 0.1) is 11.8 Å². The number of aliphatic hydroxyl groups is 1. The lowest BCUT2D eigenvalue weighted by Gasteiger charge is -2.53. The molecule has 1 N–H and O–H groups in total. The quantitative estimate of drug-likeness (QED) is 0.721. The number of aromatic nitrogens is 1. The molecule has 0 radical (unpaired) electrons. The SMILES string of the molecule is COc1ccc(C2(O)[C@H]3CCC[C@H]2CN(Cc2ccc4ncccc4c2)C3)cc1. The first-order chi connectivity index (χ1) is 14.2. The van der Waals surface area contributed by atoms with Crippen LogP contribution in [-0.2, 0) is 12.1 Å². The second-order valence-corrected chi connectivity index (χ2v) is 8.60. The smallest absolute Gasteiger partial charge is 0.118 e. The predicted molar refractivity (Wildman–Crippen MR) is 115 cm³/mol. The van der Waals surface area contributed by atoms with Crippen LogP contribution in [0.25, 0.3) is 10.9 Å². The van der Waals surface area contributed by atoms with Crippen molar-refractivity contribution in [2.24, 2.45) is 11.8 Å². The number of likely N-dealkylation sites (tertiary alicyclic amines) is 1. The molecule has 2 aliphatic rings. The first kappa shape index (κ1) is 18.6.